The molecule has 0 unspecified atom stereocenters. The van der Waals surface area contributed by atoms with Crippen LogP contribution < -0.4 is 10.3 Å². The normalized spacial score (nSPS) is 11.0. The van der Waals surface area contributed by atoms with Gasteiger partial charge in [0.1, 0.15) is 0 Å². The molecule has 0 aliphatic rings. The summed E-state index contributed by atoms with van der Waals surface area (Å²) in [7, 11) is 0. The number of pyridine rings is 1. The number of hydrogen-bond acceptors (Lipinski definition) is 5. The molecule has 1 rings (SSSR count). The molecular weight excluding hydrogens is 249 g/mol. The standard InChI is InChI=1S/C7H3F3N2O5/c8-7(9,10)17-5-3(2-13)1-4(14)11-6(5)12(15)16/h1-2H,(H,11,14). The second-order valence-electron chi connectivity index (χ2n) is 2.69. The van der Waals surface area contributed by atoms with E-state index in [1.807, 2.05) is 0 Å². The third-order valence-electron chi connectivity index (χ3n) is 1.53. The number of carbonyl (C=O) groups is 1. The summed E-state index contributed by atoms with van der Waals surface area (Å²) in [6.45, 7) is 0. The number of nitrogens with one attached hydrogen (secondary N) is 1. The lowest BCUT2D eigenvalue weighted by molar-refractivity contribution is -0.393. The highest BCUT2D eigenvalue weighted by Gasteiger charge is 2.36. The van der Waals surface area contributed by atoms with Gasteiger partial charge in [0.15, 0.2) is 6.29 Å². The highest BCUT2D eigenvalue weighted by atomic mass is 19.4. The number of nitrogens with zero attached hydrogens (tertiary/aromatic N) is 1. The molecule has 7 nitrogen and oxygen atoms in total. The maximum atomic E-state index is 11.9. The minimum atomic E-state index is -5.22. The van der Waals surface area contributed by atoms with Gasteiger partial charge in [-0.1, -0.05) is 0 Å². The summed E-state index contributed by atoms with van der Waals surface area (Å²) < 4.78 is 39.2. The van der Waals surface area contributed by atoms with Crippen LogP contribution >= 0.6 is 0 Å². The van der Waals surface area contributed by atoms with Crippen molar-refractivity contribution in [3.63, 3.8) is 0 Å². The molecule has 0 saturated heterocycles. The average molecular weight is 252 g/mol. The molecule has 0 radical (unpaired) electrons. The smallest absolute Gasteiger partial charge is 0.396 e. The summed E-state index contributed by atoms with van der Waals surface area (Å²) >= 11 is 0. The van der Waals surface area contributed by atoms with Crippen molar-refractivity contribution in [2.75, 3.05) is 0 Å². The molecule has 0 fully saturated rings. The van der Waals surface area contributed by atoms with E-state index in [-0.39, 0.29) is 6.29 Å². The molecule has 92 valence electrons. The zero-order chi connectivity index (χ0) is 13.2. The van der Waals surface area contributed by atoms with E-state index in [4.69, 9.17) is 0 Å². The van der Waals surface area contributed by atoms with Gasteiger partial charge in [-0.05, 0) is 4.92 Å². The number of nitro groups is 1. The number of aromatic amines is 1. The molecule has 0 amide bonds. The maximum absolute atomic E-state index is 11.9. The molecule has 0 aliphatic carbocycles. The van der Waals surface area contributed by atoms with Crippen LogP contribution in [0.5, 0.6) is 5.75 Å². The number of H-pyrrole nitrogens is 1. The molecule has 1 aromatic heterocycles. The van der Waals surface area contributed by atoms with Crippen LogP contribution in [-0.4, -0.2) is 22.6 Å². The first kappa shape index (κ1) is 12.7. The molecule has 17 heavy (non-hydrogen) atoms. The number of halogens is 3. The number of hydrogen-bond donors (Lipinski definition) is 1. The van der Waals surface area contributed by atoms with Gasteiger partial charge in [-0.15, -0.1) is 13.2 Å². The highest BCUT2D eigenvalue weighted by molar-refractivity contribution is 5.81. The third-order valence-corrected chi connectivity index (χ3v) is 1.53. The van der Waals surface area contributed by atoms with Crippen LogP contribution in [0, 0.1) is 10.1 Å². The minimum absolute atomic E-state index is 0.149. The van der Waals surface area contributed by atoms with Gasteiger partial charge in [-0.25, -0.2) is 9.78 Å². The van der Waals surface area contributed by atoms with Gasteiger partial charge in [-0.2, -0.15) is 0 Å². The van der Waals surface area contributed by atoms with Crippen molar-refractivity contribution in [3.8, 4) is 5.75 Å². The number of aromatic nitrogens is 1. The molecule has 0 saturated carbocycles. The summed E-state index contributed by atoms with van der Waals surface area (Å²) in [6.07, 6.45) is -5.37. The van der Waals surface area contributed by atoms with Gasteiger partial charge in [0.05, 0.1) is 5.56 Å². The molecule has 0 bridgehead atoms. The minimum Gasteiger partial charge on any atom is -0.396 e. The highest BCUT2D eigenvalue weighted by Crippen LogP contribution is 2.31. The van der Waals surface area contributed by atoms with Crippen LogP contribution in [0.3, 0.4) is 0 Å². The van der Waals surface area contributed by atoms with Crippen molar-refractivity contribution < 1.29 is 27.6 Å². The monoisotopic (exact) mass is 252 g/mol. The molecule has 0 atom stereocenters. The van der Waals surface area contributed by atoms with Gasteiger partial charge in [0.2, 0.25) is 5.75 Å². The quantitative estimate of drug-likeness (QED) is 0.491. The van der Waals surface area contributed by atoms with E-state index in [0.29, 0.717) is 6.07 Å². The number of alkyl halides is 3. The summed E-state index contributed by atoms with van der Waals surface area (Å²) in [6, 6.07) is 0.459. The molecule has 1 heterocycles. The topological polar surface area (TPSA) is 102 Å². The van der Waals surface area contributed by atoms with Crippen LogP contribution in [0.25, 0.3) is 0 Å². The molecule has 1 N–H and O–H groups in total. The number of carbonyl (C=O) groups excluding carboxylic acids is 1. The summed E-state index contributed by atoms with van der Waals surface area (Å²) in [4.78, 5) is 31.9. The summed E-state index contributed by atoms with van der Waals surface area (Å²) in [5.41, 5.74) is -1.95. The molecule has 0 aromatic carbocycles. The predicted molar refractivity (Wildman–Crippen MR) is 45.8 cm³/mol. The second-order valence-corrected chi connectivity index (χ2v) is 2.69. The Bertz CT molecular complexity index is 521. The van der Waals surface area contributed by atoms with Gasteiger partial charge in [0.25, 0.3) is 0 Å². The van der Waals surface area contributed by atoms with E-state index in [1.54, 1.807) is 0 Å². The van der Waals surface area contributed by atoms with Gasteiger partial charge in [-0.3, -0.25) is 4.79 Å². The van der Waals surface area contributed by atoms with E-state index in [2.05, 4.69) is 4.74 Å². The van der Waals surface area contributed by atoms with Crippen molar-refractivity contribution in [1.82, 2.24) is 4.98 Å². The Labute approximate surface area is 90.0 Å². The van der Waals surface area contributed by atoms with E-state index in [1.165, 1.54) is 4.98 Å². The second kappa shape index (κ2) is 4.23. The molecule has 10 heteroatoms. The fourth-order valence-corrected chi connectivity index (χ4v) is 0.992. The van der Waals surface area contributed by atoms with Gasteiger partial charge >= 0.3 is 17.7 Å². The first-order valence-electron chi connectivity index (χ1n) is 3.87. The van der Waals surface area contributed by atoms with E-state index in [0.717, 1.165) is 0 Å². The van der Waals surface area contributed by atoms with Crippen molar-refractivity contribution in [2.45, 2.75) is 6.36 Å². The van der Waals surface area contributed by atoms with Crippen molar-refractivity contribution in [1.29, 1.82) is 0 Å². The largest absolute Gasteiger partial charge is 0.573 e. The Balaban J connectivity index is 3.47. The number of aldehydes is 1. The number of ether oxygens (including phenoxy) is 1. The molecule has 0 spiro atoms. The Morgan fingerprint density at radius 3 is 2.47 bits per heavy atom. The van der Waals surface area contributed by atoms with Crippen LogP contribution in [0.4, 0.5) is 19.0 Å². The first-order chi connectivity index (χ1) is 7.74. The first-order valence-corrected chi connectivity index (χ1v) is 3.87. The van der Waals surface area contributed by atoms with Crippen LogP contribution in [0.1, 0.15) is 10.4 Å². The van der Waals surface area contributed by atoms with Gasteiger partial charge < -0.3 is 14.9 Å². The van der Waals surface area contributed by atoms with Gasteiger partial charge in [0, 0.05) is 6.07 Å². The Morgan fingerprint density at radius 2 is 2.06 bits per heavy atom. The van der Waals surface area contributed by atoms with Crippen LogP contribution in [0.15, 0.2) is 10.9 Å². The van der Waals surface area contributed by atoms with Crippen LogP contribution in [0.2, 0.25) is 0 Å². The predicted octanol–water partition coefficient (Wildman–Crippen LogP) is 0.994. The Kier molecular flexibility index (Phi) is 3.16. The fourth-order valence-electron chi connectivity index (χ4n) is 0.992. The van der Waals surface area contributed by atoms with E-state index >= 15 is 0 Å². The van der Waals surface area contributed by atoms with E-state index < -0.39 is 34.0 Å². The lowest BCUT2D eigenvalue weighted by Gasteiger charge is -2.10. The maximum Gasteiger partial charge on any atom is 0.573 e. The van der Waals surface area contributed by atoms with Crippen molar-refractivity contribution >= 4 is 12.1 Å². The number of rotatable bonds is 3. The molecule has 1 aromatic rings. The molecular formula is C7H3F3N2O5. The van der Waals surface area contributed by atoms with Crippen LogP contribution in [-0.2, 0) is 0 Å². The van der Waals surface area contributed by atoms with E-state index in [9.17, 15) is 32.9 Å². The summed E-state index contributed by atoms with van der Waals surface area (Å²) in [5, 5.41) is 10.4. The Morgan fingerprint density at radius 1 is 1.47 bits per heavy atom. The lowest BCUT2D eigenvalue weighted by atomic mass is 10.2. The zero-order valence-corrected chi connectivity index (χ0v) is 7.78. The fraction of sp³-hybridized carbons (Fsp3) is 0.143. The third kappa shape index (κ3) is 3.03. The Hall–Kier alpha value is -2.39. The summed E-state index contributed by atoms with van der Waals surface area (Å²) in [5.74, 6) is -2.69. The van der Waals surface area contributed by atoms with Crippen molar-refractivity contribution in [2.24, 2.45) is 0 Å². The molecule has 0 aliphatic heterocycles. The average Bonchev–Trinajstić information content (AvgIpc) is 2.17. The SMILES string of the molecule is O=Cc1cc(=O)[nH]c([N+](=O)[O-])c1OC(F)(F)F. The lowest BCUT2D eigenvalue weighted by Crippen LogP contribution is -2.21. The zero-order valence-electron chi connectivity index (χ0n) is 7.78. The van der Waals surface area contributed by atoms with Crippen molar-refractivity contribution in [3.05, 3.63) is 32.1 Å².